The lowest BCUT2D eigenvalue weighted by Gasteiger charge is -2.34. The molecule has 18 heavy (non-hydrogen) atoms. The Bertz CT molecular complexity index is 397. The summed E-state index contributed by atoms with van der Waals surface area (Å²) in [7, 11) is 1.78. The molecule has 100 valence electrons. The summed E-state index contributed by atoms with van der Waals surface area (Å²) >= 11 is 6.37. The molecular formula is C14H21ClN2O. The lowest BCUT2D eigenvalue weighted by atomic mass is 10.1. The Balaban J connectivity index is 2.12. The van der Waals surface area contributed by atoms with Crippen LogP contribution in [0, 0.1) is 0 Å². The van der Waals surface area contributed by atoms with Crippen molar-refractivity contribution in [1.29, 1.82) is 0 Å². The van der Waals surface area contributed by atoms with Crippen molar-refractivity contribution in [3.8, 4) is 0 Å². The molecule has 1 saturated heterocycles. The molecule has 0 aliphatic carbocycles. The third-order valence-corrected chi connectivity index (χ3v) is 3.80. The number of nitrogens with two attached hydrogens (primary N) is 1. The van der Waals surface area contributed by atoms with Gasteiger partial charge in [-0.1, -0.05) is 17.7 Å². The molecule has 0 bridgehead atoms. The SMILES string of the molecule is COC1CCCN(c2ccc(CCN)cc2Cl)C1. The Kier molecular flexibility index (Phi) is 4.87. The highest BCUT2D eigenvalue weighted by molar-refractivity contribution is 6.33. The summed E-state index contributed by atoms with van der Waals surface area (Å²) in [4.78, 5) is 2.31. The molecule has 0 spiro atoms. The van der Waals surface area contributed by atoms with Gasteiger partial charge in [0.15, 0.2) is 0 Å². The number of ether oxygens (including phenoxy) is 1. The minimum Gasteiger partial charge on any atom is -0.380 e. The predicted molar refractivity (Wildman–Crippen MR) is 76.5 cm³/mol. The highest BCUT2D eigenvalue weighted by atomic mass is 35.5. The third-order valence-electron chi connectivity index (χ3n) is 3.50. The van der Waals surface area contributed by atoms with Crippen molar-refractivity contribution < 1.29 is 4.74 Å². The minimum absolute atomic E-state index is 0.318. The highest BCUT2D eigenvalue weighted by Gasteiger charge is 2.21. The molecule has 0 radical (unpaired) electrons. The van der Waals surface area contributed by atoms with Gasteiger partial charge in [-0.25, -0.2) is 0 Å². The molecule has 0 aromatic heterocycles. The van der Waals surface area contributed by atoms with E-state index in [0.29, 0.717) is 12.6 Å². The van der Waals surface area contributed by atoms with Gasteiger partial charge < -0.3 is 15.4 Å². The van der Waals surface area contributed by atoms with Crippen LogP contribution in [-0.4, -0.2) is 32.8 Å². The molecule has 1 aliphatic heterocycles. The molecule has 0 saturated carbocycles. The first-order valence-corrected chi connectivity index (χ1v) is 6.88. The van der Waals surface area contributed by atoms with Crippen molar-refractivity contribution in [2.45, 2.75) is 25.4 Å². The molecule has 1 aliphatic rings. The number of halogens is 1. The zero-order valence-electron chi connectivity index (χ0n) is 10.9. The molecule has 2 rings (SSSR count). The maximum absolute atomic E-state index is 6.37. The molecule has 3 nitrogen and oxygen atoms in total. The van der Waals surface area contributed by atoms with E-state index in [1.54, 1.807) is 7.11 Å². The van der Waals surface area contributed by atoms with Gasteiger partial charge >= 0.3 is 0 Å². The molecular weight excluding hydrogens is 248 g/mol. The van der Waals surface area contributed by atoms with Crippen molar-refractivity contribution in [2.24, 2.45) is 5.73 Å². The molecule has 1 unspecified atom stereocenters. The van der Waals surface area contributed by atoms with E-state index >= 15 is 0 Å². The first-order valence-electron chi connectivity index (χ1n) is 6.51. The summed E-state index contributed by atoms with van der Waals surface area (Å²) < 4.78 is 5.44. The molecule has 1 heterocycles. The first-order chi connectivity index (χ1) is 8.74. The van der Waals surface area contributed by atoms with Gasteiger partial charge in [-0.05, 0) is 43.5 Å². The lowest BCUT2D eigenvalue weighted by Crippen LogP contribution is -2.39. The maximum Gasteiger partial charge on any atom is 0.0746 e. The van der Waals surface area contributed by atoms with E-state index in [0.717, 1.165) is 43.1 Å². The van der Waals surface area contributed by atoms with Crippen LogP contribution in [0.25, 0.3) is 0 Å². The fraction of sp³-hybridized carbons (Fsp3) is 0.571. The average molecular weight is 269 g/mol. The van der Waals surface area contributed by atoms with E-state index in [-0.39, 0.29) is 0 Å². The largest absolute Gasteiger partial charge is 0.380 e. The summed E-state index contributed by atoms with van der Waals surface area (Å²) in [5.41, 5.74) is 7.87. The van der Waals surface area contributed by atoms with Crippen molar-refractivity contribution in [3.63, 3.8) is 0 Å². The number of nitrogens with zero attached hydrogens (tertiary/aromatic N) is 1. The Hall–Kier alpha value is -0.770. The number of hydrogen-bond donors (Lipinski definition) is 1. The van der Waals surface area contributed by atoms with Crippen molar-refractivity contribution in [1.82, 2.24) is 0 Å². The molecule has 1 aromatic carbocycles. The van der Waals surface area contributed by atoms with E-state index in [1.165, 1.54) is 5.56 Å². The van der Waals surface area contributed by atoms with Gasteiger partial charge in [0.05, 0.1) is 16.8 Å². The van der Waals surface area contributed by atoms with Crippen LogP contribution >= 0.6 is 11.6 Å². The van der Waals surface area contributed by atoms with Gasteiger partial charge in [0.25, 0.3) is 0 Å². The summed E-state index contributed by atoms with van der Waals surface area (Å²) in [5, 5.41) is 0.817. The van der Waals surface area contributed by atoms with Gasteiger partial charge in [0.1, 0.15) is 0 Å². The molecule has 1 fully saturated rings. The second-order valence-electron chi connectivity index (χ2n) is 4.77. The van der Waals surface area contributed by atoms with Crippen molar-refractivity contribution in [3.05, 3.63) is 28.8 Å². The van der Waals surface area contributed by atoms with Gasteiger partial charge in [0, 0.05) is 20.2 Å². The van der Waals surface area contributed by atoms with Crippen LogP contribution in [0.15, 0.2) is 18.2 Å². The van der Waals surface area contributed by atoms with Crippen molar-refractivity contribution >= 4 is 17.3 Å². The highest BCUT2D eigenvalue weighted by Crippen LogP contribution is 2.29. The molecule has 1 atom stereocenters. The Labute approximate surface area is 114 Å². The zero-order valence-corrected chi connectivity index (χ0v) is 11.6. The van der Waals surface area contributed by atoms with E-state index in [4.69, 9.17) is 22.1 Å². The second-order valence-corrected chi connectivity index (χ2v) is 5.18. The molecule has 4 heteroatoms. The van der Waals surface area contributed by atoms with Gasteiger partial charge in [-0.3, -0.25) is 0 Å². The van der Waals surface area contributed by atoms with Gasteiger partial charge in [-0.15, -0.1) is 0 Å². The van der Waals surface area contributed by atoms with Crippen molar-refractivity contribution in [2.75, 3.05) is 31.6 Å². The monoisotopic (exact) mass is 268 g/mol. The normalized spacial score (nSPS) is 20.2. The Morgan fingerprint density at radius 2 is 2.33 bits per heavy atom. The number of rotatable bonds is 4. The predicted octanol–water partition coefficient (Wildman–Crippen LogP) is 2.46. The fourth-order valence-corrected chi connectivity index (χ4v) is 2.80. The summed E-state index contributed by atoms with van der Waals surface area (Å²) in [5.74, 6) is 0. The van der Waals surface area contributed by atoms with Crippen LogP contribution in [-0.2, 0) is 11.2 Å². The third kappa shape index (κ3) is 3.16. The Morgan fingerprint density at radius 1 is 1.50 bits per heavy atom. The summed E-state index contributed by atoms with van der Waals surface area (Å²) in [6, 6.07) is 6.25. The van der Waals surface area contributed by atoms with E-state index in [1.807, 2.05) is 6.07 Å². The van der Waals surface area contributed by atoms with Gasteiger partial charge in [-0.2, -0.15) is 0 Å². The first kappa shape index (κ1) is 13.7. The summed E-state index contributed by atoms with van der Waals surface area (Å²) in [6.07, 6.45) is 3.48. The number of piperidine rings is 1. The van der Waals surface area contributed by atoms with Crippen LogP contribution in [0.1, 0.15) is 18.4 Å². The average Bonchev–Trinajstić information content (AvgIpc) is 2.39. The van der Waals surface area contributed by atoms with E-state index < -0.39 is 0 Å². The second kappa shape index (κ2) is 6.41. The number of benzene rings is 1. The number of anilines is 1. The fourth-order valence-electron chi connectivity index (χ4n) is 2.48. The smallest absolute Gasteiger partial charge is 0.0746 e. The zero-order chi connectivity index (χ0) is 13.0. The van der Waals surface area contributed by atoms with Crippen LogP contribution in [0.5, 0.6) is 0 Å². The van der Waals surface area contributed by atoms with Crippen LogP contribution < -0.4 is 10.6 Å². The molecule has 2 N–H and O–H groups in total. The van der Waals surface area contributed by atoms with Crippen LogP contribution in [0.3, 0.4) is 0 Å². The van der Waals surface area contributed by atoms with E-state index in [2.05, 4.69) is 17.0 Å². The standard InChI is InChI=1S/C14H21ClN2O/c1-18-12-3-2-8-17(10-12)14-5-4-11(6-7-16)9-13(14)15/h4-5,9,12H,2-3,6-8,10,16H2,1H3. The quantitative estimate of drug-likeness (QED) is 0.912. The van der Waals surface area contributed by atoms with Gasteiger partial charge in [0.2, 0.25) is 0 Å². The maximum atomic E-state index is 6.37. The number of methoxy groups -OCH3 is 1. The van der Waals surface area contributed by atoms with Crippen LogP contribution in [0.2, 0.25) is 5.02 Å². The van der Waals surface area contributed by atoms with Crippen LogP contribution in [0.4, 0.5) is 5.69 Å². The minimum atomic E-state index is 0.318. The lowest BCUT2D eigenvalue weighted by molar-refractivity contribution is 0.0893. The Morgan fingerprint density at radius 3 is 3.00 bits per heavy atom. The molecule has 1 aromatic rings. The topological polar surface area (TPSA) is 38.5 Å². The summed E-state index contributed by atoms with van der Waals surface area (Å²) in [6.45, 7) is 2.63. The number of hydrogen-bond acceptors (Lipinski definition) is 3. The van der Waals surface area contributed by atoms with E-state index in [9.17, 15) is 0 Å². The molecule has 0 amide bonds.